The number of nitrogens with one attached hydrogen (secondary N) is 1. The summed E-state index contributed by atoms with van der Waals surface area (Å²) in [6.45, 7) is 2.81. The molecule has 2 amide bonds. The summed E-state index contributed by atoms with van der Waals surface area (Å²) in [5.74, 6) is 1.39. The maximum Gasteiger partial charge on any atom is 0.265 e. The Kier molecular flexibility index (Phi) is 7.72. The zero-order chi connectivity index (χ0) is 24.8. The number of nitrogens with zero attached hydrogens (tertiary/aromatic N) is 1. The summed E-state index contributed by atoms with van der Waals surface area (Å²) in [6, 6.07) is 18.5. The van der Waals surface area contributed by atoms with Crippen LogP contribution in [0.15, 0.2) is 71.2 Å². The molecule has 0 spiro atoms. The van der Waals surface area contributed by atoms with Crippen LogP contribution in [0.25, 0.3) is 6.08 Å². The molecule has 4 rings (SSSR count). The third-order valence-corrected chi connectivity index (χ3v) is 5.87. The number of ether oxygens (including phenoxy) is 3. The van der Waals surface area contributed by atoms with Crippen molar-refractivity contribution < 1.29 is 23.8 Å². The van der Waals surface area contributed by atoms with E-state index >= 15 is 0 Å². The van der Waals surface area contributed by atoms with Gasteiger partial charge in [0, 0.05) is 16.2 Å². The lowest BCUT2D eigenvalue weighted by Crippen LogP contribution is -2.38. The van der Waals surface area contributed by atoms with Gasteiger partial charge in [-0.15, -0.1) is 0 Å². The number of rotatable bonds is 8. The number of hydrogen-bond acceptors (Lipinski definition) is 5. The van der Waals surface area contributed by atoms with E-state index in [4.69, 9.17) is 14.2 Å². The Labute approximate surface area is 212 Å². The molecule has 3 aromatic carbocycles. The third-order valence-electron chi connectivity index (χ3n) is 5.34. The largest absolute Gasteiger partial charge is 0.493 e. The van der Waals surface area contributed by atoms with Crippen molar-refractivity contribution in [1.82, 2.24) is 0 Å². The fourth-order valence-electron chi connectivity index (χ4n) is 3.64. The first-order valence-corrected chi connectivity index (χ1v) is 11.9. The van der Waals surface area contributed by atoms with E-state index < -0.39 is 0 Å². The highest BCUT2D eigenvalue weighted by atomic mass is 79.9. The summed E-state index contributed by atoms with van der Waals surface area (Å²) in [4.78, 5) is 26.9. The monoisotopic (exact) mass is 536 g/mol. The van der Waals surface area contributed by atoms with Gasteiger partial charge in [-0.05, 0) is 66.6 Å². The predicted octanol–water partition coefficient (Wildman–Crippen LogP) is 5.43. The molecule has 0 radical (unpaired) electrons. The Balaban J connectivity index is 1.48. The van der Waals surface area contributed by atoms with Crippen LogP contribution in [-0.4, -0.2) is 32.1 Å². The van der Waals surface area contributed by atoms with Gasteiger partial charge in [0.25, 0.3) is 5.91 Å². The molecule has 1 N–H and O–H groups in total. The quantitative estimate of drug-likeness (QED) is 0.388. The molecule has 8 heteroatoms. The summed E-state index contributed by atoms with van der Waals surface area (Å²) in [6.07, 6.45) is 3.13. The Bertz CT molecular complexity index is 1260. The average molecular weight is 537 g/mol. The van der Waals surface area contributed by atoms with Crippen molar-refractivity contribution in [3.8, 4) is 17.2 Å². The molecule has 1 aliphatic heterocycles. The molecule has 0 saturated heterocycles. The summed E-state index contributed by atoms with van der Waals surface area (Å²) in [5, 5.41) is 2.85. The van der Waals surface area contributed by atoms with E-state index in [1.54, 1.807) is 48.4 Å². The van der Waals surface area contributed by atoms with E-state index in [-0.39, 0.29) is 18.4 Å². The van der Waals surface area contributed by atoms with Gasteiger partial charge in [-0.2, -0.15) is 0 Å². The Morgan fingerprint density at radius 3 is 2.66 bits per heavy atom. The van der Waals surface area contributed by atoms with E-state index in [1.807, 2.05) is 37.3 Å². The van der Waals surface area contributed by atoms with Gasteiger partial charge in [0.1, 0.15) is 5.75 Å². The first kappa shape index (κ1) is 24.3. The number of fused-ring (bicyclic) bond motifs is 1. The summed E-state index contributed by atoms with van der Waals surface area (Å²) in [7, 11) is 1.57. The second kappa shape index (κ2) is 11.1. The number of hydrogen-bond donors (Lipinski definition) is 1. The smallest absolute Gasteiger partial charge is 0.265 e. The first-order chi connectivity index (χ1) is 17.0. The van der Waals surface area contributed by atoms with Gasteiger partial charge in [0.15, 0.2) is 18.1 Å². The standard InChI is InChI=1S/C27H25BrN2O5/c1-3-34-24-11-6-18(14-25(24)33-2)7-13-26(31)29-21-10-12-23-22(15-21)30(27(32)17-35-23)16-19-4-8-20(28)9-5-19/h4-15H,3,16-17H2,1-2H3,(H,29,31)/b13-7+. The second-order valence-electron chi connectivity index (χ2n) is 7.74. The summed E-state index contributed by atoms with van der Waals surface area (Å²) >= 11 is 3.43. The minimum atomic E-state index is -0.305. The van der Waals surface area contributed by atoms with Crippen LogP contribution in [0.4, 0.5) is 11.4 Å². The molecule has 1 heterocycles. The SMILES string of the molecule is CCOc1ccc(/C=C/C(=O)Nc2ccc3c(c2)N(Cc2ccc(Br)cc2)C(=O)CO3)cc1OC. The molecule has 7 nitrogen and oxygen atoms in total. The average Bonchev–Trinajstić information content (AvgIpc) is 2.86. The van der Waals surface area contributed by atoms with Gasteiger partial charge in [0.05, 0.1) is 25.9 Å². The van der Waals surface area contributed by atoms with Crippen molar-refractivity contribution in [3.05, 3.63) is 82.3 Å². The second-order valence-corrected chi connectivity index (χ2v) is 8.66. The van der Waals surface area contributed by atoms with Crippen LogP contribution in [0.5, 0.6) is 17.2 Å². The number of carbonyl (C=O) groups excluding carboxylic acids is 2. The highest BCUT2D eigenvalue weighted by Gasteiger charge is 2.26. The molecule has 0 atom stereocenters. The van der Waals surface area contributed by atoms with Crippen molar-refractivity contribution in [3.63, 3.8) is 0 Å². The first-order valence-electron chi connectivity index (χ1n) is 11.1. The molecule has 0 fully saturated rings. The van der Waals surface area contributed by atoms with E-state index in [2.05, 4.69) is 21.2 Å². The molecule has 180 valence electrons. The van der Waals surface area contributed by atoms with Crippen molar-refractivity contribution in [1.29, 1.82) is 0 Å². The van der Waals surface area contributed by atoms with Crippen molar-refractivity contribution in [2.75, 3.05) is 30.5 Å². The van der Waals surface area contributed by atoms with Crippen LogP contribution in [0, 0.1) is 0 Å². The van der Waals surface area contributed by atoms with Crippen LogP contribution >= 0.6 is 15.9 Å². The number of methoxy groups -OCH3 is 1. The molecular weight excluding hydrogens is 512 g/mol. The van der Waals surface area contributed by atoms with Crippen LogP contribution in [0.1, 0.15) is 18.1 Å². The Hall–Kier alpha value is -3.78. The summed E-state index contributed by atoms with van der Waals surface area (Å²) < 4.78 is 17.4. The maximum absolute atomic E-state index is 12.6. The molecular formula is C27H25BrN2O5. The zero-order valence-electron chi connectivity index (χ0n) is 19.4. The van der Waals surface area contributed by atoms with Gasteiger partial charge in [-0.25, -0.2) is 0 Å². The third kappa shape index (κ3) is 6.02. The molecule has 35 heavy (non-hydrogen) atoms. The van der Waals surface area contributed by atoms with Crippen molar-refractivity contribution in [2.24, 2.45) is 0 Å². The van der Waals surface area contributed by atoms with Crippen molar-refractivity contribution >= 4 is 45.2 Å². The predicted molar refractivity (Wildman–Crippen MR) is 139 cm³/mol. The highest BCUT2D eigenvalue weighted by Crippen LogP contribution is 2.35. The molecule has 0 aromatic heterocycles. The van der Waals surface area contributed by atoms with E-state index in [0.29, 0.717) is 41.8 Å². The molecule has 0 saturated carbocycles. The highest BCUT2D eigenvalue weighted by molar-refractivity contribution is 9.10. The molecule has 0 unspecified atom stereocenters. The van der Waals surface area contributed by atoms with Gasteiger partial charge in [-0.1, -0.05) is 34.1 Å². The van der Waals surface area contributed by atoms with Crippen LogP contribution < -0.4 is 24.4 Å². The van der Waals surface area contributed by atoms with Crippen molar-refractivity contribution in [2.45, 2.75) is 13.5 Å². The Morgan fingerprint density at radius 1 is 1.11 bits per heavy atom. The van der Waals surface area contributed by atoms with Gasteiger partial charge in [0.2, 0.25) is 5.91 Å². The van der Waals surface area contributed by atoms with Crippen LogP contribution in [0.3, 0.4) is 0 Å². The number of carbonyl (C=O) groups is 2. The van der Waals surface area contributed by atoms with Gasteiger partial charge in [-0.3, -0.25) is 9.59 Å². The number of anilines is 2. The van der Waals surface area contributed by atoms with E-state index in [0.717, 1.165) is 15.6 Å². The normalized spacial score (nSPS) is 12.8. The molecule has 0 bridgehead atoms. The van der Waals surface area contributed by atoms with Gasteiger partial charge < -0.3 is 24.4 Å². The number of amides is 2. The Morgan fingerprint density at radius 2 is 1.91 bits per heavy atom. The van der Waals surface area contributed by atoms with Crippen LogP contribution in [0.2, 0.25) is 0 Å². The fraction of sp³-hybridized carbons (Fsp3) is 0.185. The molecule has 0 aliphatic carbocycles. The lowest BCUT2D eigenvalue weighted by molar-refractivity contribution is -0.121. The van der Waals surface area contributed by atoms with Gasteiger partial charge >= 0.3 is 0 Å². The minimum absolute atomic E-state index is 0.0243. The number of benzene rings is 3. The summed E-state index contributed by atoms with van der Waals surface area (Å²) in [5.41, 5.74) is 2.95. The molecule has 3 aromatic rings. The topological polar surface area (TPSA) is 77.1 Å². The number of halogens is 1. The lowest BCUT2D eigenvalue weighted by Gasteiger charge is -2.30. The zero-order valence-corrected chi connectivity index (χ0v) is 21.0. The molecule has 1 aliphatic rings. The van der Waals surface area contributed by atoms with E-state index in [9.17, 15) is 9.59 Å². The lowest BCUT2D eigenvalue weighted by atomic mass is 10.1. The fourth-order valence-corrected chi connectivity index (χ4v) is 3.91. The van der Waals surface area contributed by atoms with Crippen LogP contribution in [-0.2, 0) is 16.1 Å². The maximum atomic E-state index is 12.6. The van der Waals surface area contributed by atoms with E-state index in [1.165, 1.54) is 6.08 Å². The minimum Gasteiger partial charge on any atom is -0.493 e.